The Balaban J connectivity index is 1.48. The van der Waals surface area contributed by atoms with Crippen LogP contribution in [0.5, 0.6) is 0 Å². The van der Waals surface area contributed by atoms with Crippen LogP contribution in [0.1, 0.15) is 56.6 Å². The minimum absolute atomic E-state index is 0.360. The molecule has 2 heterocycles. The van der Waals surface area contributed by atoms with E-state index in [1.807, 2.05) is 7.05 Å². The van der Waals surface area contributed by atoms with E-state index in [-0.39, 0.29) is 0 Å². The Morgan fingerprint density at radius 1 is 1.06 bits per heavy atom. The standard InChI is InChI=1S/C25H42N4O2/c1-21-9-6-7-14-29(21)20-23-11-5-4-10-22(23)19-27-25(26-2)28-15-12-24(13-16-28)31-18-8-17-30-3/h4-5,10-11,21,24H,6-9,12-20H2,1-3H3,(H,26,27). The van der Waals surface area contributed by atoms with Gasteiger partial charge < -0.3 is 19.7 Å². The zero-order valence-electron chi connectivity index (χ0n) is 19.8. The zero-order valence-corrected chi connectivity index (χ0v) is 19.8. The Bertz CT molecular complexity index is 673. The summed E-state index contributed by atoms with van der Waals surface area (Å²) in [5.41, 5.74) is 2.81. The number of guanidine groups is 1. The molecule has 2 fully saturated rings. The van der Waals surface area contributed by atoms with Gasteiger partial charge in [-0.3, -0.25) is 9.89 Å². The van der Waals surface area contributed by atoms with Gasteiger partial charge in [-0.2, -0.15) is 0 Å². The van der Waals surface area contributed by atoms with E-state index in [0.717, 1.165) is 64.6 Å². The van der Waals surface area contributed by atoms with Gasteiger partial charge in [0.15, 0.2) is 5.96 Å². The molecule has 1 aromatic carbocycles. The maximum Gasteiger partial charge on any atom is 0.193 e. The number of benzene rings is 1. The number of likely N-dealkylation sites (tertiary alicyclic amines) is 2. The molecule has 3 rings (SSSR count). The maximum atomic E-state index is 6.00. The molecular weight excluding hydrogens is 388 g/mol. The van der Waals surface area contributed by atoms with Crippen LogP contribution in [0.15, 0.2) is 29.3 Å². The van der Waals surface area contributed by atoms with E-state index in [4.69, 9.17) is 9.47 Å². The normalized spacial score (nSPS) is 21.5. The largest absolute Gasteiger partial charge is 0.385 e. The summed E-state index contributed by atoms with van der Waals surface area (Å²) in [5.74, 6) is 0.999. The Morgan fingerprint density at radius 3 is 2.55 bits per heavy atom. The number of nitrogens with zero attached hydrogens (tertiary/aromatic N) is 3. The molecule has 2 aliphatic rings. The molecular formula is C25H42N4O2. The van der Waals surface area contributed by atoms with Crippen LogP contribution in [0.4, 0.5) is 0 Å². The minimum Gasteiger partial charge on any atom is -0.385 e. The van der Waals surface area contributed by atoms with Crippen molar-refractivity contribution in [2.75, 3.05) is 47.0 Å². The second-order valence-electron chi connectivity index (χ2n) is 8.89. The SMILES string of the molecule is CN=C(NCc1ccccc1CN1CCCCC1C)N1CCC(OCCCOC)CC1. The molecule has 31 heavy (non-hydrogen) atoms. The van der Waals surface area contributed by atoms with E-state index in [1.165, 1.54) is 36.9 Å². The van der Waals surface area contributed by atoms with Crippen molar-refractivity contribution in [3.8, 4) is 0 Å². The average molecular weight is 431 g/mol. The van der Waals surface area contributed by atoms with Gasteiger partial charge in [-0.15, -0.1) is 0 Å². The van der Waals surface area contributed by atoms with Crippen LogP contribution in [-0.2, 0) is 22.6 Å². The van der Waals surface area contributed by atoms with Gasteiger partial charge >= 0.3 is 0 Å². The first kappa shape index (κ1) is 24.0. The third-order valence-electron chi connectivity index (χ3n) is 6.67. The second-order valence-corrected chi connectivity index (χ2v) is 8.89. The Kier molecular flexibility index (Phi) is 10.1. The highest BCUT2D eigenvalue weighted by Crippen LogP contribution is 2.21. The van der Waals surface area contributed by atoms with Crippen LogP contribution in [0.25, 0.3) is 0 Å². The van der Waals surface area contributed by atoms with Crippen LogP contribution in [0, 0.1) is 0 Å². The van der Waals surface area contributed by atoms with Gasteiger partial charge in [-0.25, -0.2) is 0 Å². The topological polar surface area (TPSA) is 49.3 Å². The molecule has 6 nitrogen and oxygen atoms in total. The monoisotopic (exact) mass is 430 g/mol. The zero-order chi connectivity index (χ0) is 21.9. The molecule has 1 aromatic rings. The van der Waals surface area contributed by atoms with Gasteiger partial charge in [0.2, 0.25) is 0 Å². The fraction of sp³-hybridized carbons (Fsp3) is 0.720. The molecule has 1 atom stereocenters. The van der Waals surface area contributed by atoms with Crippen molar-refractivity contribution in [3.05, 3.63) is 35.4 Å². The summed E-state index contributed by atoms with van der Waals surface area (Å²) in [6.45, 7) is 8.98. The maximum absolute atomic E-state index is 6.00. The third-order valence-corrected chi connectivity index (χ3v) is 6.67. The highest BCUT2D eigenvalue weighted by molar-refractivity contribution is 5.80. The Hall–Kier alpha value is -1.63. The van der Waals surface area contributed by atoms with E-state index in [9.17, 15) is 0 Å². The van der Waals surface area contributed by atoms with Gasteiger partial charge in [0.25, 0.3) is 0 Å². The number of methoxy groups -OCH3 is 1. The summed E-state index contributed by atoms with van der Waals surface area (Å²) in [5, 5.41) is 3.62. The quantitative estimate of drug-likeness (QED) is 0.368. The van der Waals surface area contributed by atoms with Gasteiger partial charge in [-0.1, -0.05) is 30.7 Å². The average Bonchev–Trinajstić information content (AvgIpc) is 2.80. The first-order valence-corrected chi connectivity index (χ1v) is 12.1. The summed E-state index contributed by atoms with van der Waals surface area (Å²) in [4.78, 5) is 9.56. The van der Waals surface area contributed by atoms with Crippen LogP contribution >= 0.6 is 0 Å². The molecule has 1 N–H and O–H groups in total. The van der Waals surface area contributed by atoms with Crippen molar-refractivity contribution in [1.29, 1.82) is 0 Å². The summed E-state index contributed by atoms with van der Waals surface area (Å²) >= 11 is 0. The first-order valence-electron chi connectivity index (χ1n) is 12.1. The molecule has 2 saturated heterocycles. The van der Waals surface area contributed by atoms with E-state index < -0.39 is 0 Å². The van der Waals surface area contributed by atoms with Crippen molar-refractivity contribution in [2.24, 2.45) is 4.99 Å². The second kappa shape index (κ2) is 13.0. The number of piperidine rings is 2. The van der Waals surface area contributed by atoms with Crippen LogP contribution in [-0.4, -0.2) is 74.9 Å². The van der Waals surface area contributed by atoms with Gasteiger partial charge in [0.1, 0.15) is 0 Å². The summed E-state index contributed by atoms with van der Waals surface area (Å²) in [6.07, 6.45) is 7.44. The summed E-state index contributed by atoms with van der Waals surface area (Å²) < 4.78 is 11.1. The predicted octanol–water partition coefficient (Wildman–Crippen LogP) is 3.65. The lowest BCUT2D eigenvalue weighted by Gasteiger charge is -2.35. The number of nitrogens with one attached hydrogen (secondary N) is 1. The lowest BCUT2D eigenvalue weighted by molar-refractivity contribution is 0.00989. The van der Waals surface area contributed by atoms with Crippen LogP contribution in [0.3, 0.4) is 0 Å². The number of ether oxygens (including phenoxy) is 2. The fourth-order valence-corrected chi connectivity index (χ4v) is 4.69. The molecule has 0 spiro atoms. The molecule has 6 heteroatoms. The Morgan fingerprint density at radius 2 is 1.84 bits per heavy atom. The van der Waals surface area contributed by atoms with E-state index in [2.05, 4.69) is 51.3 Å². The predicted molar refractivity (Wildman–Crippen MR) is 127 cm³/mol. The molecule has 0 bridgehead atoms. The van der Waals surface area contributed by atoms with Gasteiger partial charge in [0, 0.05) is 59.6 Å². The van der Waals surface area contributed by atoms with Crippen molar-refractivity contribution in [2.45, 2.75) is 70.7 Å². The van der Waals surface area contributed by atoms with Crippen molar-refractivity contribution >= 4 is 5.96 Å². The highest BCUT2D eigenvalue weighted by atomic mass is 16.5. The smallest absolute Gasteiger partial charge is 0.193 e. The van der Waals surface area contributed by atoms with E-state index >= 15 is 0 Å². The molecule has 2 aliphatic heterocycles. The molecule has 0 radical (unpaired) electrons. The number of hydrogen-bond donors (Lipinski definition) is 1. The number of hydrogen-bond acceptors (Lipinski definition) is 4. The molecule has 174 valence electrons. The molecule has 0 aliphatic carbocycles. The lowest BCUT2D eigenvalue weighted by atomic mass is 10.0. The van der Waals surface area contributed by atoms with Crippen molar-refractivity contribution in [3.63, 3.8) is 0 Å². The summed E-state index contributed by atoms with van der Waals surface area (Å²) in [7, 11) is 3.63. The van der Waals surface area contributed by atoms with E-state index in [1.54, 1.807) is 7.11 Å². The molecule has 1 unspecified atom stereocenters. The Labute approximate surface area is 189 Å². The van der Waals surface area contributed by atoms with E-state index in [0.29, 0.717) is 12.1 Å². The van der Waals surface area contributed by atoms with Gasteiger partial charge in [0.05, 0.1) is 6.10 Å². The van der Waals surface area contributed by atoms with Crippen molar-refractivity contribution in [1.82, 2.24) is 15.1 Å². The van der Waals surface area contributed by atoms with Crippen LogP contribution < -0.4 is 5.32 Å². The van der Waals surface area contributed by atoms with Gasteiger partial charge in [-0.05, 0) is 56.7 Å². The molecule has 0 aromatic heterocycles. The van der Waals surface area contributed by atoms with Crippen LogP contribution in [0.2, 0.25) is 0 Å². The third kappa shape index (κ3) is 7.48. The molecule has 0 saturated carbocycles. The first-order chi connectivity index (χ1) is 15.2. The summed E-state index contributed by atoms with van der Waals surface area (Å²) in [6, 6.07) is 9.54. The number of aliphatic imine (C=N–C) groups is 1. The molecule has 0 amide bonds. The fourth-order valence-electron chi connectivity index (χ4n) is 4.69. The highest BCUT2D eigenvalue weighted by Gasteiger charge is 2.22. The van der Waals surface area contributed by atoms with Crippen molar-refractivity contribution < 1.29 is 9.47 Å². The lowest BCUT2D eigenvalue weighted by Crippen LogP contribution is -2.46. The number of rotatable bonds is 9. The minimum atomic E-state index is 0.360.